The minimum Gasteiger partial charge on any atom is -0.467 e. The first-order valence-electron chi connectivity index (χ1n) is 9.85. The van der Waals surface area contributed by atoms with E-state index in [2.05, 4.69) is 4.98 Å². The highest BCUT2D eigenvalue weighted by atomic mass is 32.2. The van der Waals surface area contributed by atoms with E-state index in [4.69, 9.17) is 8.83 Å². The van der Waals surface area contributed by atoms with Crippen molar-refractivity contribution in [1.82, 2.24) is 13.9 Å². The van der Waals surface area contributed by atoms with Gasteiger partial charge in [0.1, 0.15) is 11.3 Å². The van der Waals surface area contributed by atoms with Crippen LogP contribution in [0.3, 0.4) is 0 Å². The molecule has 4 rings (SSSR count). The van der Waals surface area contributed by atoms with Crippen molar-refractivity contribution in [2.45, 2.75) is 30.5 Å². The lowest BCUT2D eigenvalue weighted by atomic mass is 10.2. The Morgan fingerprint density at radius 3 is 2.66 bits per heavy atom. The molecule has 3 heterocycles. The molecule has 0 radical (unpaired) electrons. The fraction of sp³-hybridized carbons (Fsp3) is 0.273. The largest absolute Gasteiger partial charge is 0.467 e. The Kier molecular flexibility index (Phi) is 6.02. The van der Waals surface area contributed by atoms with Crippen LogP contribution in [-0.4, -0.2) is 47.9 Å². The second-order valence-corrected chi connectivity index (χ2v) is 10.6. The fourth-order valence-electron chi connectivity index (χ4n) is 3.41. The number of oxazole rings is 1. The predicted molar refractivity (Wildman–Crippen MR) is 122 cm³/mol. The molecule has 0 aliphatic heterocycles. The second kappa shape index (κ2) is 8.61. The average molecular weight is 474 g/mol. The summed E-state index contributed by atoms with van der Waals surface area (Å²) in [5.41, 5.74) is 3.40. The van der Waals surface area contributed by atoms with Gasteiger partial charge in [0.2, 0.25) is 10.0 Å². The van der Waals surface area contributed by atoms with Crippen LogP contribution in [0, 0.1) is 13.8 Å². The van der Waals surface area contributed by atoms with E-state index in [1.165, 1.54) is 38.0 Å². The molecule has 0 aliphatic rings. The summed E-state index contributed by atoms with van der Waals surface area (Å²) in [5.74, 6) is 0.940. The lowest BCUT2D eigenvalue weighted by Crippen LogP contribution is -2.22. The molecule has 3 aromatic heterocycles. The normalized spacial score (nSPS) is 12.2. The van der Waals surface area contributed by atoms with Crippen molar-refractivity contribution in [3.8, 4) is 0 Å². The van der Waals surface area contributed by atoms with Crippen LogP contribution in [0.15, 0.2) is 61.6 Å². The zero-order valence-electron chi connectivity index (χ0n) is 18.2. The van der Waals surface area contributed by atoms with Gasteiger partial charge >= 0.3 is 0 Å². The summed E-state index contributed by atoms with van der Waals surface area (Å²) in [6.07, 6.45) is 1.63. The first-order chi connectivity index (χ1) is 15.2. The topological polar surface area (TPSA) is 98.5 Å². The van der Waals surface area contributed by atoms with Gasteiger partial charge in [-0.15, -0.1) is 0 Å². The number of Topliss-reactive ketones (excluding diaryl/α,β-unsaturated/α-hetero) is 1. The Hall–Kier alpha value is -2.82. The first-order valence-corrected chi connectivity index (χ1v) is 12.3. The molecule has 0 saturated heterocycles. The van der Waals surface area contributed by atoms with Crippen LogP contribution in [0.1, 0.15) is 27.5 Å². The summed E-state index contributed by atoms with van der Waals surface area (Å²) in [4.78, 5) is 17.4. The zero-order valence-corrected chi connectivity index (χ0v) is 19.8. The van der Waals surface area contributed by atoms with Gasteiger partial charge in [0.05, 0.1) is 23.5 Å². The Bertz CT molecular complexity index is 1380. The maximum absolute atomic E-state index is 12.9. The maximum Gasteiger partial charge on any atom is 0.257 e. The van der Waals surface area contributed by atoms with E-state index in [9.17, 15) is 13.2 Å². The fourth-order valence-corrected chi connectivity index (χ4v) is 5.05. The van der Waals surface area contributed by atoms with Gasteiger partial charge in [-0.05, 0) is 50.2 Å². The molecular formula is C22H23N3O5S2. The van der Waals surface area contributed by atoms with Gasteiger partial charge < -0.3 is 13.4 Å². The molecule has 0 fully saturated rings. The van der Waals surface area contributed by atoms with E-state index in [0.717, 1.165) is 21.5 Å². The van der Waals surface area contributed by atoms with Crippen LogP contribution in [0.4, 0.5) is 0 Å². The van der Waals surface area contributed by atoms with Gasteiger partial charge in [0.15, 0.2) is 11.4 Å². The average Bonchev–Trinajstić information content (AvgIpc) is 3.47. The molecule has 32 heavy (non-hydrogen) atoms. The monoisotopic (exact) mass is 473 g/mol. The summed E-state index contributed by atoms with van der Waals surface area (Å²) in [5, 5.41) is 0.317. The van der Waals surface area contributed by atoms with E-state index in [0.29, 0.717) is 28.4 Å². The van der Waals surface area contributed by atoms with E-state index >= 15 is 0 Å². The van der Waals surface area contributed by atoms with Crippen LogP contribution >= 0.6 is 11.8 Å². The molecule has 0 N–H and O–H groups in total. The Labute approximate surface area is 190 Å². The first kappa shape index (κ1) is 22.4. The molecule has 0 unspecified atom stereocenters. The third kappa shape index (κ3) is 4.25. The molecular weight excluding hydrogens is 450 g/mol. The molecule has 0 atom stereocenters. The number of aromatic nitrogens is 2. The number of nitrogens with zero attached hydrogens (tertiary/aromatic N) is 3. The number of benzene rings is 1. The molecule has 10 heteroatoms. The summed E-state index contributed by atoms with van der Waals surface area (Å²) in [6.45, 7) is 4.44. The van der Waals surface area contributed by atoms with Gasteiger partial charge in [0, 0.05) is 31.0 Å². The molecule has 0 aliphatic carbocycles. The quantitative estimate of drug-likeness (QED) is 0.280. The third-order valence-electron chi connectivity index (χ3n) is 5.21. The summed E-state index contributed by atoms with van der Waals surface area (Å²) in [6, 6.07) is 10.2. The van der Waals surface area contributed by atoms with E-state index in [-0.39, 0.29) is 16.4 Å². The van der Waals surface area contributed by atoms with E-state index in [1.54, 1.807) is 12.3 Å². The molecule has 1 aromatic carbocycles. The highest BCUT2D eigenvalue weighted by molar-refractivity contribution is 7.99. The number of ketones is 1. The van der Waals surface area contributed by atoms with Crippen molar-refractivity contribution in [2.75, 3.05) is 19.8 Å². The summed E-state index contributed by atoms with van der Waals surface area (Å²) < 4.78 is 38.9. The number of furan rings is 1. The number of sulfonamides is 1. The number of thioether (sulfide) groups is 1. The Balaban J connectivity index is 1.49. The number of carbonyl (C=O) groups excluding carboxylic acids is 1. The summed E-state index contributed by atoms with van der Waals surface area (Å²) in [7, 11) is -0.619. The number of aryl methyl sites for hydroxylation is 1. The third-order valence-corrected chi connectivity index (χ3v) is 7.85. The van der Waals surface area contributed by atoms with Gasteiger partial charge in [0.25, 0.3) is 5.22 Å². The number of carbonyl (C=O) groups is 1. The highest BCUT2D eigenvalue weighted by Crippen LogP contribution is 2.27. The zero-order chi connectivity index (χ0) is 23.0. The Morgan fingerprint density at radius 1 is 1.19 bits per heavy atom. The van der Waals surface area contributed by atoms with Crippen LogP contribution < -0.4 is 0 Å². The van der Waals surface area contributed by atoms with Crippen molar-refractivity contribution in [2.24, 2.45) is 0 Å². The molecule has 8 nitrogen and oxygen atoms in total. The van der Waals surface area contributed by atoms with Crippen LogP contribution in [-0.2, 0) is 16.6 Å². The molecule has 0 amide bonds. The van der Waals surface area contributed by atoms with Gasteiger partial charge in [-0.1, -0.05) is 11.8 Å². The van der Waals surface area contributed by atoms with Crippen molar-refractivity contribution in [1.29, 1.82) is 0 Å². The van der Waals surface area contributed by atoms with Crippen molar-refractivity contribution in [3.05, 3.63) is 65.4 Å². The standard InChI is InChI=1S/C22H23N3O5S2/c1-14-10-18(15(2)25(14)12-16-6-5-9-29-16)20(26)13-31-22-23-19-11-17(7-8-21(19)30-22)32(27,28)24(3)4/h5-11H,12-13H2,1-4H3. The van der Waals surface area contributed by atoms with E-state index < -0.39 is 10.0 Å². The lowest BCUT2D eigenvalue weighted by Gasteiger charge is -2.10. The number of fused-ring (bicyclic) bond motifs is 1. The smallest absolute Gasteiger partial charge is 0.257 e. The molecule has 0 spiro atoms. The maximum atomic E-state index is 12.9. The lowest BCUT2D eigenvalue weighted by molar-refractivity contribution is 0.102. The minimum absolute atomic E-state index is 0.0353. The SMILES string of the molecule is Cc1cc(C(=O)CSc2nc3cc(S(=O)(=O)N(C)C)ccc3o2)c(C)n1Cc1ccco1. The van der Waals surface area contributed by atoms with Crippen molar-refractivity contribution >= 4 is 38.7 Å². The predicted octanol–water partition coefficient (Wildman–Crippen LogP) is 4.11. The second-order valence-electron chi connectivity index (χ2n) is 7.56. The van der Waals surface area contributed by atoms with E-state index in [1.807, 2.05) is 36.6 Å². The highest BCUT2D eigenvalue weighted by Gasteiger charge is 2.20. The Morgan fingerprint density at radius 2 is 1.97 bits per heavy atom. The summed E-state index contributed by atoms with van der Waals surface area (Å²) >= 11 is 1.18. The molecule has 0 bridgehead atoms. The van der Waals surface area contributed by atoms with Crippen molar-refractivity contribution < 1.29 is 22.0 Å². The number of hydrogen-bond donors (Lipinski definition) is 0. The number of rotatable bonds is 8. The van der Waals surface area contributed by atoms with Crippen LogP contribution in [0.2, 0.25) is 0 Å². The molecule has 4 aromatic rings. The van der Waals surface area contributed by atoms with Crippen LogP contribution in [0.5, 0.6) is 0 Å². The van der Waals surface area contributed by atoms with Crippen molar-refractivity contribution in [3.63, 3.8) is 0 Å². The van der Waals surface area contributed by atoms with Crippen LogP contribution in [0.25, 0.3) is 11.1 Å². The number of hydrogen-bond acceptors (Lipinski definition) is 7. The minimum atomic E-state index is -3.56. The van der Waals surface area contributed by atoms with Gasteiger partial charge in [-0.3, -0.25) is 4.79 Å². The molecule has 0 saturated carbocycles. The van der Waals surface area contributed by atoms with Gasteiger partial charge in [-0.25, -0.2) is 17.7 Å². The van der Waals surface area contributed by atoms with Gasteiger partial charge in [-0.2, -0.15) is 0 Å². The molecule has 168 valence electrons.